The summed E-state index contributed by atoms with van der Waals surface area (Å²) in [6.07, 6.45) is 2.03. The largest absolute Gasteiger partial charge is 0.383 e. The summed E-state index contributed by atoms with van der Waals surface area (Å²) < 4.78 is 0. The van der Waals surface area contributed by atoms with Crippen LogP contribution in [0, 0.1) is 0 Å². The van der Waals surface area contributed by atoms with E-state index in [1.54, 1.807) is 0 Å². The van der Waals surface area contributed by atoms with E-state index in [-0.39, 0.29) is 5.91 Å². The molecule has 0 atom stereocenters. The summed E-state index contributed by atoms with van der Waals surface area (Å²) in [7, 11) is 0. The number of nitrogens with zero attached hydrogens (tertiary/aromatic N) is 3. The van der Waals surface area contributed by atoms with Crippen LogP contribution in [0.2, 0.25) is 0 Å². The SMILES string of the molecule is Nc1nc(SCC(=O)N2CCCc3ccccc32)nc2sccc12. The number of carbonyl (C=O) groups is 1. The Morgan fingerprint density at radius 1 is 1.29 bits per heavy atom. The fraction of sp³-hybridized carbons (Fsp3) is 0.235. The zero-order valence-corrected chi connectivity index (χ0v) is 14.6. The van der Waals surface area contributed by atoms with E-state index in [2.05, 4.69) is 16.0 Å². The molecule has 1 amide bonds. The zero-order chi connectivity index (χ0) is 16.5. The normalized spacial score (nSPS) is 13.9. The lowest BCUT2D eigenvalue weighted by atomic mass is 10.0. The van der Waals surface area contributed by atoms with E-state index in [9.17, 15) is 4.79 Å². The van der Waals surface area contributed by atoms with Gasteiger partial charge in [0.15, 0.2) is 5.16 Å². The van der Waals surface area contributed by atoms with Gasteiger partial charge in [-0.15, -0.1) is 11.3 Å². The quantitative estimate of drug-likeness (QED) is 0.575. The number of aryl methyl sites for hydroxylation is 1. The number of nitrogens with two attached hydrogens (primary N) is 1. The second-order valence-electron chi connectivity index (χ2n) is 5.60. The van der Waals surface area contributed by atoms with Gasteiger partial charge in [0, 0.05) is 12.2 Å². The number of rotatable bonds is 3. The molecular weight excluding hydrogens is 340 g/mol. The van der Waals surface area contributed by atoms with Crippen molar-refractivity contribution in [3.05, 3.63) is 41.3 Å². The first-order valence-electron chi connectivity index (χ1n) is 7.74. The van der Waals surface area contributed by atoms with Gasteiger partial charge in [-0.1, -0.05) is 30.0 Å². The van der Waals surface area contributed by atoms with Gasteiger partial charge < -0.3 is 10.6 Å². The number of carbonyl (C=O) groups excluding carboxylic acids is 1. The monoisotopic (exact) mass is 356 g/mol. The molecule has 24 heavy (non-hydrogen) atoms. The number of thioether (sulfide) groups is 1. The fourth-order valence-electron chi connectivity index (χ4n) is 2.92. The second kappa shape index (κ2) is 6.41. The number of aromatic nitrogens is 2. The Morgan fingerprint density at radius 2 is 2.17 bits per heavy atom. The first-order chi connectivity index (χ1) is 11.7. The van der Waals surface area contributed by atoms with Gasteiger partial charge in [-0.05, 0) is 35.9 Å². The van der Waals surface area contributed by atoms with Crippen LogP contribution in [0.1, 0.15) is 12.0 Å². The molecule has 0 spiro atoms. The van der Waals surface area contributed by atoms with Gasteiger partial charge in [0.25, 0.3) is 0 Å². The summed E-state index contributed by atoms with van der Waals surface area (Å²) in [4.78, 5) is 24.2. The molecule has 3 heterocycles. The van der Waals surface area contributed by atoms with E-state index < -0.39 is 0 Å². The topological polar surface area (TPSA) is 72.1 Å². The minimum atomic E-state index is 0.0839. The van der Waals surface area contributed by atoms with E-state index in [0.717, 1.165) is 35.3 Å². The minimum absolute atomic E-state index is 0.0839. The highest BCUT2D eigenvalue weighted by Crippen LogP contribution is 2.29. The molecule has 0 fully saturated rings. The number of para-hydroxylation sites is 1. The van der Waals surface area contributed by atoms with E-state index >= 15 is 0 Å². The van der Waals surface area contributed by atoms with Crippen molar-refractivity contribution in [3.8, 4) is 0 Å². The Morgan fingerprint density at radius 3 is 3.08 bits per heavy atom. The zero-order valence-electron chi connectivity index (χ0n) is 12.9. The number of thiophene rings is 1. The molecule has 7 heteroatoms. The molecule has 0 saturated heterocycles. The van der Waals surface area contributed by atoms with Crippen molar-refractivity contribution < 1.29 is 4.79 Å². The van der Waals surface area contributed by atoms with Crippen molar-refractivity contribution in [2.45, 2.75) is 18.0 Å². The van der Waals surface area contributed by atoms with Crippen LogP contribution in [0.4, 0.5) is 11.5 Å². The highest BCUT2D eigenvalue weighted by molar-refractivity contribution is 7.99. The molecule has 0 bridgehead atoms. The Labute approximate surface area is 147 Å². The van der Waals surface area contributed by atoms with Crippen LogP contribution in [0.5, 0.6) is 0 Å². The third-order valence-corrected chi connectivity index (χ3v) is 5.71. The number of anilines is 2. The maximum Gasteiger partial charge on any atom is 0.237 e. The third-order valence-electron chi connectivity index (χ3n) is 4.07. The molecule has 3 aromatic rings. The number of benzene rings is 1. The van der Waals surface area contributed by atoms with E-state index in [0.29, 0.717) is 16.7 Å². The number of hydrogen-bond donors (Lipinski definition) is 1. The van der Waals surface area contributed by atoms with Gasteiger partial charge in [-0.3, -0.25) is 4.79 Å². The van der Waals surface area contributed by atoms with Gasteiger partial charge in [0.05, 0.1) is 11.1 Å². The van der Waals surface area contributed by atoms with Crippen molar-refractivity contribution in [3.63, 3.8) is 0 Å². The van der Waals surface area contributed by atoms with Crippen molar-refractivity contribution in [1.29, 1.82) is 0 Å². The predicted octanol–water partition coefficient (Wildman–Crippen LogP) is 3.35. The molecule has 1 aliphatic rings. The molecular formula is C17H16N4OS2. The maximum atomic E-state index is 12.7. The predicted molar refractivity (Wildman–Crippen MR) is 99.7 cm³/mol. The first kappa shape index (κ1) is 15.4. The van der Waals surface area contributed by atoms with Crippen molar-refractivity contribution in [1.82, 2.24) is 9.97 Å². The van der Waals surface area contributed by atoms with Crippen LogP contribution >= 0.6 is 23.1 Å². The number of amides is 1. The van der Waals surface area contributed by atoms with E-state index in [1.807, 2.05) is 34.5 Å². The number of nitrogen functional groups attached to an aromatic ring is 1. The van der Waals surface area contributed by atoms with Crippen molar-refractivity contribution >= 4 is 50.7 Å². The molecule has 0 aliphatic carbocycles. The van der Waals surface area contributed by atoms with Crippen LogP contribution in [0.3, 0.4) is 0 Å². The lowest BCUT2D eigenvalue weighted by Gasteiger charge is -2.29. The lowest BCUT2D eigenvalue weighted by Crippen LogP contribution is -2.36. The average Bonchev–Trinajstić information content (AvgIpc) is 3.08. The molecule has 1 aliphatic heterocycles. The molecule has 1 aromatic carbocycles. The maximum absolute atomic E-state index is 12.7. The second-order valence-corrected chi connectivity index (χ2v) is 7.43. The molecule has 2 N–H and O–H groups in total. The van der Waals surface area contributed by atoms with Gasteiger partial charge in [0.2, 0.25) is 5.91 Å². The molecule has 4 rings (SSSR count). The number of fused-ring (bicyclic) bond motifs is 2. The average molecular weight is 356 g/mol. The fourth-order valence-corrected chi connectivity index (χ4v) is 4.48. The van der Waals surface area contributed by atoms with Crippen LogP contribution in [-0.4, -0.2) is 28.2 Å². The Kier molecular flexibility index (Phi) is 4.12. The smallest absolute Gasteiger partial charge is 0.237 e. The molecule has 0 saturated carbocycles. The van der Waals surface area contributed by atoms with Crippen molar-refractivity contribution in [2.75, 3.05) is 22.9 Å². The Bertz CT molecular complexity index is 908. The van der Waals surface area contributed by atoms with Gasteiger partial charge in [-0.2, -0.15) is 0 Å². The molecule has 122 valence electrons. The highest BCUT2D eigenvalue weighted by Gasteiger charge is 2.22. The highest BCUT2D eigenvalue weighted by atomic mass is 32.2. The lowest BCUT2D eigenvalue weighted by molar-refractivity contribution is -0.116. The summed E-state index contributed by atoms with van der Waals surface area (Å²) in [6.45, 7) is 0.767. The minimum Gasteiger partial charge on any atom is -0.383 e. The molecule has 5 nitrogen and oxygen atoms in total. The Hall–Kier alpha value is -2.12. The summed E-state index contributed by atoms with van der Waals surface area (Å²) in [5, 5.41) is 3.38. The summed E-state index contributed by atoms with van der Waals surface area (Å²) in [5.41, 5.74) is 8.23. The standard InChI is InChI=1S/C17H16N4OS2/c18-15-12-7-9-23-16(12)20-17(19-15)24-10-14(22)21-8-3-5-11-4-1-2-6-13(11)21/h1-2,4,6-7,9H,3,5,8,10H2,(H2,18,19,20). The van der Waals surface area contributed by atoms with Crippen molar-refractivity contribution in [2.24, 2.45) is 0 Å². The summed E-state index contributed by atoms with van der Waals surface area (Å²) >= 11 is 2.87. The van der Waals surface area contributed by atoms with Gasteiger partial charge in [-0.25, -0.2) is 9.97 Å². The van der Waals surface area contributed by atoms with Crippen LogP contribution < -0.4 is 10.6 Å². The van der Waals surface area contributed by atoms with Crippen LogP contribution in [-0.2, 0) is 11.2 Å². The van der Waals surface area contributed by atoms with Gasteiger partial charge >= 0.3 is 0 Å². The van der Waals surface area contributed by atoms with Crippen LogP contribution in [0.25, 0.3) is 10.2 Å². The van der Waals surface area contributed by atoms with E-state index in [1.165, 1.54) is 28.7 Å². The summed E-state index contributed by atoms with van der Waals surface area (Å²) in [5.74, 6) is 0.866. The van der Waals surface area contributed by atoms with E-state index in [4.69, 9.17) is 5.73 Å². The molecule has 0 unspecified atom stereocenters. The third kappa shape index (κ3) is 2.85. The summed E-state index contributed by atoms with van der Waals surface area (Å²) in [6, 6.07) is 10.0. The van der Waals surface area contributed by atoms with Crippen LogP contribution in [0.15, 0.2) is 40.9 Å². The number of hydrogen-bond acceptors (Lipinski definition) is 6. The molecule has 0 radical (unpaired) electrons. The van der Waals surface area contributed by atoms with Gasteiger partial charge in [0.1, 0.15) is 10.6 Å². The molecule has 2 aromatic heterocycles. The Balaban J connectivity index is 1.50. The first-order valence-corrected chi connectivity index (χ1v) is 9.61.